The van der Waals surface area contributed by atoms with Crippen molar-refractivity contribution < 1.29 is 32.6 Å². The van der Waals surface area contributed by atoms with Gasteiger partial charge in [0.15, 0.2) is 0 Å². The van der Waals surface area contributed by atoms with E-state index in [2.05, 4.69) is 37.7 Å². The third-order valence-electron chi connectivity index (χ3n) is 12.6. The van der Waals surface area contributed by atoms with E-state index in [9.17, 15) is 23.4 Å². The number of nitrogens with one attached hydrogen (secondary N) is 2. The number of fused-ring (bicyclic) bond motifs is 5. The van der Waals surface area contributed by atoms with Gasteiger partial charge in [0.1, 0.15) is 11.9 Å². The van der Waals surface area contributed by atoms with Gasteiger partial charge in [0.2, 0.25) is 0 Å². The van der Waals surface area contributed by atoms with Crippen LogP contribution in [-0.4, -0.2) is 56.7 Å². The third kappa shape index (κ3) is 5.58. The van der Waals surface area contributed by atoms with Crippen LogP contribution >= 0.6 is 0 Å². The number of hydrogen-bond donors (Lipinski definition) is 4. The van der Waals surface area contributed by atoms with Crippen molar-refractivity contribution in [2.24, 2.45) is 52.3 Å². The predicted molar refractivity (Wildman–Crippen MR) is 163 cm³/mol. The number of ether oxygens (including phenoxy) is 1. The second kappa shape index (κ2) is 12.1. The SMILES string of the molecule is CC[C@@H]1C2[C@@H](F)[C@H](O)CC[C@]2(C)C2CC[C@@]3(C)C(CCC3[C@H](C)CCNC(=O)NS(=O)(=O)c3ccc(OC)cc3)C2[C@@H]1O. The van der Waals surface area contributed by atoms with E-state index in [4.69, 9.17) is 4.74 Å². The Balaban J connectivity index is 1.22. The van der Waals surface area contributed by atoms with E-state index in [-0.39, 0.29) is 39.4 Å². The molecule has 1 aromatic rings. The van der Waals surface area contributed by atoms with Crippen molar-refractivity contribution in [1.29, 1.82) is 0 Å². The van der Waals surface area contributed by atoms with E-state index in [1.165, 1.54) is 31.4 Å². The van der Waals surface area contributed by atoms with Crippen molar-refractivity contribution in [2.45, 2.75) is 102 Å². The van der Waals surface area contributed by atoms with Gasteiger partial charge in [0, 0.05) is 12.5 Å². The Morgan fingerprint density at radius 3 is 2.37 bits per heavy atom. The van der Waals surface area contributed by atoms with Gasteiger partial charge in [-0.15, -0.1) is 0 Å². The predicted octanol–water partition coefficient (Wildman–Crippen LogP) is 5.28. The highest BCUT2D eigenvalue weighted by molar-refractivity contribution is 7.90. The number of alkyl halides is 1. The Morgan fingerprint density at radius 1 is 1.07 bits per heavy atom. The lowest BCUT2D eigenvalue weighted by Crippen LogP contribution is -2.65. The number of aliphatic hydroxyl groups excluding tert-OH is 2. The molecule has 4 aliphatic carbocycles. The van der Waals surface area contributed by atoms with E-state index in [1.54, 1.807) is 0 Å². The molecule has 2 amide bonds. The number of methoxy groups -OCH3 is 1. The maximum Gasteiger partial charge on any atom is 0.328 e. The van der Waals surface area contributed by atoms with Gasteiger partial charge in [-0.1, -0.05) is 34.1 Å². The van der Waals surface area contributed by atoms with E-state index >= 15 is 4.39 Å². The molecule has 4 saturated carbocycles. The van der Waals surface area contributed by atoms with Crippen molar-refractivity contribution in [1.82, 2.24) is 10.0 Å². The lowest BCUT2D eigenvalue weighted by atomic mass is 9.41. The lowest BCUT2D eigenvalue weighted by Gasteiger charge is -2.65. The second-order valence-electron chi connectivity index (χ2n) is 14.5. The molecule has 0 saturated heterocycles. The van der Waals surface area contributed by atoms with Gasteiger partial charge >= 0.3 is 6.03 Å². The zero-order chi connectivity index (χ0) is 31.3. The van der Waals surface area contributed by atoms with E-state index < -0.39 is 34.4 Å². The van der Waals surface area contributed by atoms with E-state index in [0.29, 0.717) is 42.9 Å². The van der Waals surface area contributed by atoms with Gasteiger partial charge in [-0.25, -0.2) is 22.3 Å². The minimum atomic E-state index is -4.00. The van der Waals surface area contributed by atoms with Crippen LogP contribution in [0.25, 0.3) is 0 Å². The number of halogens is 1. The molecule has 43 heavy (non-hydrogen) atoms. The maximum absolute atomic E-state index is 15.6. The minimum Gasteiger partial charge on any atom is -0.497 e. The number of benzene rings is 1. The molecule has 4 N–H and O–H groups in total. The van der Waals surface area contributed by atoms with Crippen LogP contribution < -0.4 is 14.8 Å². The molecule has 242 valence electrons. The zero-order valence-corrected chi connectivity index (χ0v) is 27.1. The van der Waals surface area contributed by atoms with Crippen LogP contribution in [-0.2, 0) is 10.0 Å². The third-order valence-corrected chi connectivity index (χ3v) is 14.0. The summed E-state index contributed by atoms with van der Waals surface area (Å²) in [6.45, 7) is 9.25. The van der Waals surface area contributed by atoms with Gasteiger partial charge in [-0.3, -0.25) is 0 Å². The van der Waals surface area contributed by atoms with E-state index in [1.807, 2.05) is 0 Å². The summed E-state index contributed by atoms with van der Waals surface area (Å²) in [5, 5.41) is 25.0. The number of amides is 2. The Kier molecular flexibility index (Phi) is 9.16. The quantitative estimate of drug-likeness (QED) is 0.313. The number of carbonyl (C=O) groups excluding carboxylic acids is 1. The molecule has 10 heteroatoms. The molecule has 0 aliphatic heterocycles. The summed E-state index contributed by atoms with van der Waals surface area (Å²) in [7, 11) is -2.50. The summed E-state index contributed by atoms with van der Waals surface area (Å²) in [6, 6.07) is 5.09. The highest BCUT2D eigenvalue weighted by atomic mass is 32.2. The normalized spacial score (nSPS) is 41.3. The monoisotopic (exact) mass is 622 g/mol. The first-order chi connectivity index (χ1) is 20.3. The summed E-state index contributed by atoms with van der Waals surface area (Å²) >= 11 is 0. The summed E-state index contributed by atoms with van der Waals surface area (Å²) in [6.07, 6.45) is 4.06. The van der Waals surface area contributed by atoms with Crippen LogP contribution in [0.2, 0.25) is 0 Å². The molecule has 5 unspecified atom stereocenters. The van der Waals surface area contributed by atoms with Gasteiger partial charge in [0.05, 0.1) is 24.2 Å². The van der Waals surface area contributed by atoms with Crippen molar-refractivity contribution in [3.05, 3.63) is 24.3 Å². The average Bonchev–Trinajstić information content (AvgIpc) is 3.33. The molecule has 4 fully saturated rings. The van der Waals surface area contributed by atoms with Crippen LogP contribution in [0.4, 0.5) is 9.18 Å². The molecule has 5 rings (SSSR count). The fraction of sp³-hybridized carbons (Fsp3) is 0.788. The molecule has 0 aromatic heterocycles. The highest BCUT2D eigenvalue weighted by Gasteiger charge is 2.66. The Hall–Kier alpha value is -1.91. The number of hydrogen-bond acceptors (Lipinski definition) is 6. The minimum absolute atomic E-state index is 0.0147. The smallest absolute Gasteiger partial charge is 0.328 e. The number of rotatable bonds is 8. The molecule has 0 spiro atoms. The summed E-state index contributed by atoms with van der Waals surface area (Å²) in [5.74, 6) is 1.55. The Labute approximate surface area is 256 Å². The lowest BCUT2D eigenvalue weighted by molar-refractivity contribution is -0.222. The number of aliphatic hydroxyl groups is 2. The highest BCUT2D eigenvalue weighted by Crippen LogP contribution is 2.69. The van der Waals surface area contributed by atoms with Crippen LogP contribution in [0.1, 0.15) is 79.1 Å². The molecule has 0 heterocycles. The van der Waals surface area contributed by atoms with Crippen molar-refractivity contribution in [3.63, 3.8) is 0 Å². The van der Waals surface area contributed by atoms with Crippen LogP contribution in [0, 0.1) is 52.3 Å². The molecular weight excluding hydrogens is 571 g/mol. The first-order valence-electron chi connectivity index (χ1n) is 16.2. The Morgan fingerprint density at radius 2 is 1.72 bits per heavy atom. The summed E-state index contributed by atoms with van der Waals surface area (Å²) in [5.41, 5.74) is -0.163. The topological polar surface area (TPSA) is 125 Å². The van der Waals surface area contributed by atoms with Crippen LogP contribution in [0.3, 0.4) is 0 Å². The number of urea groups is 1. The zero-order valence-electron chi connectivity index (χ0n) is 26.3. The second-order valence-corrected chi connectivity index (χ2v) is 16.1. The maximum atomic E-state index is 15.6. The van der Waals surface area contributed by atoms with Gasteiger partial charge in [-0.2, -0.15) is 0 Å². The molecular formula is C33H51FN2O6S. The largest absolute Gasteiger partial charge is 0.497 e. The van der Waals surface area contributed by atoms with Crippen molar-refractivity contribution >= 4 is 16.1 Å². The Bertz CT molecular complexity index is 1260. The molecule has 4 aliphatic rings. The van der Waals surface area contributed by atoms with Crippen molar-refractivity contribution in [3.8, 4) is 5.75 Å². The van der Waals surface area contributed by atoms with Gasteiger partial charge in [-0.05, 0) is 116 Å². The number of carbonyl (C=O) groups is 1. The molecule has 0 bridgehead atoms. The average molecular weight is 623 g/mol. The summed E-state index contributed by atoms with van der Waals surface area (Å²) in [4.78, 5) is 12.5. The first kappa shape index (κ1) is 32.5. The van der Waals surface area contributed by atoms with Crippen molar-refractivity contribution in [2.75, 3.05) is 13.7 Å². The van der Waals surface area contributed by atoms with Crippen LogP contribution in [0.15, 0.2) is 29.2 Å². The van der Waals surface area contributed by atoms with Gasteiger partial charge < -0.3 is 20.3 Å². The fourth-order valence-electron chi connectivity index (χ4n) is 10.5. The standard InChI is InChI=1S/C33H51FN2O6S/c1-6-22-28-29(34)26(37)14-17-33(28,4)25-13-16-32(3)23(11-12-24(32)27(25)30(22)38)19(2)15-18-35-31(39)36-43(40,41)21-9-7-20(42-5)8-10-21/h7-10,19,22-30,37-38H,6,11-18H2,1-5H3,(H2,35,36,39)/t19-,22-,23?,24?,25?,26-,27?,28?,29+,30-,32-,33-/m1/s1. The first-order valence-corrected chi connectivity index (χ1v) is 17.7. The fourth-order valence-corrected chi connectivity index (χ4v) is 11.5. The summed E-state index contributed by atoms with van der Waals surface area (Å²) < 4.78 is 48.0. The number of sulfonamides is 1. The van der Waals surface area contributed by atoms with E-state index in [0.717, 1.165) is 38.5 Å². The molecule has 12 atom stereocenters. The molecule has 0 radical (unpaired) electrons. The molecule has 1 aromatic carbocycles. The van der Waals surface area contributed by atoms with Crippen LogP contribution in [0.5, 0.6) is 5.75 Å². The van der Waals surface area contributed by atoms with Gasteiger partial charge in [0.25, 0.3) is 10.0 Å². The molecule has 8 nitrogen and oxygen atoms in total.